The van der Waals surface area contributed by atoms with E-state index in [0.717, 1.165) is 0 Å². The summed E-state index contributed by atoms with van der Waals surface area (Å²) in [4.78, 5) is 12.7. The fraction of sp³-hybridized carbons (Fsp3) is 0.143. The van der Waals surface area contributed by atoms with E-state index in [9.17, 15) is 10.1 Å². The Morgan fingerprint density at radius 2 is 2.29 bits per heavy atom. The average molecular weight is 257 g/mol. The first-order chi connectivity index (χ1) is 6.57. The first-order valence-electron chi connectivity index (χ1n) is 3.56. The molecule has 72 valence electrons. The minimum absolute atomic E-state index is 0.0742. The Morgan fingerprint density at radius 3 is 2.79 bits per heavy atom. The molecule has 0 saturated heterocycles. The molecule has 14 heavy (non-hydrogen) atoms. The molecule has 0 bridgehead atoms. The largest absolute Gasteiger partial charge is 0.286 e. The van der Waals surface area contributed by atoms with Crippen molar-refractivity contribution in [3.63, 3.8) is 0 Å². The zero-order valence-corrected chi connectivity index (χ0v) is 8.72. The fourth-order valence-electron chi connectivity index (χ4n) is 1.04. The van der Waals surface area contributed by atoms with Crippen LogP contribution < -0.4 is 0 Å². The molecule has 1 aromatic rings. The van der Waals surface area contributed by atoms with Gasteiger partial charge in [0.25, 0.3) is 5.69 Å². The molecule has 0 radical (unpaired) electrons. The molecule has 0 aliphatic carbocycles. The van der Waals surface area contributed by atoms with E-state index < -0.39 is 4.92 Å². The van der Waals surface area contributed by atoms with Gasteiger partial charge >= 0.3 is 0 Å². The van der Waals surface area contributed by atoms with Crippen molar-refractivity contribution in [2.24, 2.45) is 5.11 Å². The van der Waals surface area contributed by atoms with E-state index in [2.05, 4.69) is 26.0 Å². The zero-order valence-electron chi connectivity index (χ0n) is 7.14. The highest BCUT2D eigenvalue weighted by Gasteiger charge is 2.17. The van der Waals surface area contributed by atoms with Crippen LogP contribution in [0, 0.1) is 17.0 Å². The van der Waals surface area contributed by atoms with Crippen molar-refractivity contribution in [2.45, 2.75) is 6.92 Å². The van der Waals surface area contributed by atoms with Gasteiger partial charge in [0.15, 0.2) is 0 Å². The van der Waals surface area contributed by atoms with Crippen LogP contribution in [0.3, 0.4) is 0 Å². The van der Waals surface area contributed by atoms with E-state index >= 15 is 0 Å². The van der Waals surface area contributed by atoms with Gasteiger partial charge in [-0.25, -0.2) is 0 Å². The lowest BCUT2D eigenvalue weighted by Gasteiger charge is -2.01. The summed E-state index contributed by atoms with van der Waals surface area (Å²) in [7, 11) is 0. The highest BCUT2D eigenvalue weighted by atomic mass is 79.9. The molecule has 6 nitrogen and oxygen atoms in total. The number of nitrogens with zero attached hydrogens (tertiary/aromatic N) is 4. The fourth-order valence-corrected chi connectivity index (χ4v) is 1.61. The van der Waals surface area contributed by atoms with Crippen LogP contribution in [0.4, 0.5) is 11.4 Å². The summed E-state index contributed by atoms with van der Waals surface area (Å²) in [6.45, 7) is 1.53. The van der Waals surface area contributed by atoms with Crippen molar-refractivity contribution in [1.82, 2.24) is 0 Å². The van der Waals surface area contributed by atoms with Crippen LogP contribution in [0.1, 0.15) is 5.56 Å². The Bertz CT molecular complexity index is 440. The molecule has 0 aliphatic heterocycles. The molecule has 0 spiro atoms. The van der Waals surface area contributed by atoms with E-state index in [1.807, 2.05) is 0 Å². The predicted octanol–water partition coefficient (Wildman–Crippen LogP) is 3.61. The Balaban J connectivity index is 3.48. The number of nitro groups is 1. The monoisotopic (exact) mass is 256 g/mol. The van der Waals surface area contributed by atoms with Gasteiger partial charge in [-0.3, -0.25) is 10.1 Å². The molecule has 1 aromatic carbocycles. The number of halogens is 1. The summed E-state index contributed by atoms with van der Waals surface area (Å²) in [5, 5.41) is 14.0. The number of benzene rings is 1. The molecule has 0 saturated carbocycles. The van der Waals surface area contributed by atoms with Crippen molar-refractivity contribution in [1.29, 1.82) is 0 Å². The predicted molar refractivity (Wildman–Crippen MR) is 54.3 cm³/mol. The van der Waals surface area contributed by atoms with Crippen molar-refractivity contribution >= 4 is 27.3 Å². The lowest BCUT2D eigenvalue weighted by Crippen LogP contribution is -1.92. The summed E-state index contributed by atoms with van der Waals surface area (Å²) >= 11 is 3.06. The molecular weight excluding hydrogens is 252 g/mol. The quantitative estimate of drug-likeness (QED) is 0.266. The summed E-state index contributed by atoms with van der Waals surface area (Å²) in [6.07, 6.45) is 0. The summed E-state index contributed by atoms with van der Waals surface area (Å²) < 4.78 is 0.372. The molecule has 1 rings (SSSR count). The van der Waals surface area contributed by atoms with Crippen molar-refractivity contribution in [3.05, 3.63) is 42.7 Å². The molecule has 0 N–H and O–H groups in total. The van der Waals surface area contributed by atoms with Crippen LogP contribution in [-0.2, 0) is 0 Å². The summed E-state index contributed by atoms with van der Waals surface area (Å²) in [5.41, 5.74) is 8.76. The summed E-state index contributed by atoms with van der Waals surface area (Å²) in [5.74, 6) is 0. The maximum atomic E-state index is 10.6. The SMILES string of the molecule is Cc1c(N=[N+]=[N-])ccc(Br)c1[N+](=O)[O-]. The smallest absolute Gasteiger partial charge is 0.258 e. The Morgan fingerprint density at radius 1 is 1.64 bits per heavy atom. The van der Waals surface area contributed by atoms with Crippen molar-refractivity contribution in [2.75, 3.05) is 0 Å². The third kappa shape index (κ3) is 1.84. The van der Waals surface area contributed by atoms with Gasteiger partial charge in [0, 0.05) is 16.2 Å². The van der Waals surface area contributed by atoms with E-state index in [1.165, 1.54) is 19.1 Å². The second kappa shape index (κ2) is 4.08. The van der Waals surface area contributed by atoms with Crippen LogP contribution in [0.15, 0.2) is 21.7 Å². The highest BCUT2D eigenvalue weighted by Crippen LogP contribution is 2.34. The number of azide groups is 1. The van der Waals surface area contributed by atoms with Gasteiger partial charge in [0.05, 0.1) is 9.40 Å². The summed E-state index contributed by atoms with van der Waals surface area (Å²) in [6, 6.07) is 3.00. The third-order valence-corrected chi connectivity index (χ3v) is 2.33. The van der Waals surface area contributed by atoms with Gasteiger partial charge in [-0.1, -0.05) is 11.2 Å². The Hall–Kier alpha value is -1.59. The van der Waals surface area contributed by atoms with Gasteiger partial charge in [-0.05, 0) is 34.5 Å². The van der Waals surface area contributed by atoms with Crippen molar-refractivity contribution in [3.8, 4) is 0 Å². The number of nitro benzene ring substituents is 1. The average Bonchev–Trinajstić information content (AvgIpc) is 2.10. The Labute approximate surface area is 87.5 Å². The minimum atomic E-state index is -0.518. The van der Waals surface area contributed by atoms with Gasteiger partial charge < -0.3 is 0 Å². The number of hydrogen-bond donors (Lipinski definition) is 0. The van der Waals surface area contributed by atoms with E-state index in [1.54, 1.807) is 0 Å². The standard InChI is InChI=1S/C7H5BrN4O2/c1-4-6(10-11-9)3-2-5(8)7(4)12(13)14/h2-3H,1H3. The lowest BCUT2D eigenvalue weighted by atomic mass is 10.1. The first kappa shape index (κ1) is 10.5. The number of hydrogen-bond acceptors (Lipinski definition) is 3. The number of rotatable bonds is 2. The second-order valence-corrected chi connectivity index (χ2v) is 3.34. The maximum absolute atomic E-state index is 10.6. The third-order valence-electron chi connectivity index (χ3n) is 1.69. The van der Waals surface area contributed by atoms with Gasteiger partial charge in [-0.2, -0.15) is 0 Å². The molecule has 0 aliphatic rings. The zero-order chi connectivity index (χ0) is 10.7. The van der Waals surface area contributed by atoms with Gasteiger partial charge in [-0.15, -0.1) is 0 Å². The van der Waals surface area contributed by atoms with Crippen LogP contribution in [0.2, 0.25) is 0 Å². The van der Waals surface area contributed by atoms with Gasteiger partial charge in [0.1, 0.15) is 0 Å². The molecule has 0 unspecified atom stereocenters. The molecule has 0 heterocycles. The maximum Gasteiger partial charge on any atom is 0.286 e. The van der Waals surface area contributed by atoms with Crippen LogP contribution >= 0.6 is 15.9 Å². The molecule has 0 amide bonds. The molecule has 0 aromatic heterocycles. The minimum Gasteiger partial charge on any atom is -0.258 e. The van der Waals surface area contributed by atoms with Crippen LogP contribution in [-0.4, -0.2) is 4.92 Å². The first-order valence-corrected chi connectivity index (χ1v) is 4.36. The molecular formula is C7H5BrN4O2. The topological polar surface area (TPSA) is 91.9 Å². The normalized spacial score (nSPS) is 9.29. The molecule has 0 fully saturated rings. The lowest BCUT2D eigenvalue weighted by molar-refractivity contribution is -0.386. The van der Waals surface area contributed by atoms with Crippen LogP contribution in [0.5, 0.6) is 0 Å². The van der Waals surface area contributed by atoms with Crippen LogP contribution in [0.25, 0.3) is 10.4 Å². The van der Waals surface area contributed by atoms with Crippen molar-refractivity contribution < 1.29 is 4.92 Å². The van der Waals surface area contributed by atoms with Gasteiger partial charge in [0.2, 0.25) is 0 Å². The van der Waals surface area contributed by atoms with E-state index in [4.69, 9.17) is 5.53 Å². The Kier molecular flexibility index (Phi) is 3.06. The molecule has 7 heteroatoms. The van der Waals surface area contributed by atoms with E-state index in [0.29, 0.717) is 10.0 Å². The highest BCUT2D eigenvalue weighted by molar-refractivity contribution is 9.10. The second-order valence-electron chi connectivity index (χ2n) is 2.49. The van der Waals surface area contributed by atoms with E-state index in [-0.39, 0.29) is 11.4 Å². The molecule has 0 atom stereocenters.